The summed E-state index contributed by atoms with van der Waals surface area (Å²) in [6.07, 6.45) is 3.68. The van der Waals surface area contributed by atoms with Crippen LogP contribution in [-0.2, 0) is 60.8 Å². The van der Waals surface area contributed by atoms with Gasteiger partial charge in [0.1, 0.15) is 66.2 Å². The molecule has 442 valence electrons. The van der Waals surface area contributed by atoms with E-state index in [-0.39, 0.29) is 63.5 Å². The highest BCUT2D eigenvalue weighted by Crippen LogP contribution is 2.29. The molecular formula is C60H86N10O11. The average Bonchev–Trinajstić information content (AvgIpc) is 4.37. The normalized spacial score (nSPS) is 28.7. The minimum Gasteiger partial charge on any atom is -0.508 e. The van der Waals surface area contributed by atoms with Gasteiger partial charge in [-0.25, -0.2) is 0 Å². The highest BCUT2D eigenvalue weighted by atomic mass is 16.3. The number of aromatic hydroxyl groups is 1. The Kier molecular flexibility index (Phi) is 21.0. The minimum atomic E-state index is -1.27. The summed E-state index contributed by atoms with van der Waals surface area (Å²) in [4.78, 5) is 153. The fraction of sp³-hybridized carbons (Fsp3) is 0.633. The molecule has 5 aliphatic heterocycles. The zero-order valence-electron chi connectivity index (χ0n) is 48.4. The Labute approximate surface area is 476 Å². The van der Waals surface area contributed by atoms with Crippen LogP contribution >= 0.6 is 0 Å². The summed E-state index contributed by atoms with van der Waals surface area (Å²) in [7, 11) is 0. The van der Waals surface area contributed by atoms with Crippen molar-refractivity contribution in [2.24, 2.45) is 23.7 Å². The first-order valence-electron chi connectivity index (χ1n) is 29.4. The van der Waals surface area contributed by atoms with Gasteiger partial charge in [0.25, 0.3) is 0 Å². The van der Waals surface area contributed by atoms with Gasteiger partial charge < -0.3 is 56.6 Å². The van der Waals surface area contributed by atoms with Crippen molar-refractivity contribution >= 4 is 59.1 Å². The molecule has 21 nitrogen and oxygen atoms in total. The van der Waals surface area contributed by atoms with Crippen LogP contribution < -0.4 is 31.9 Å². The number of nitrogens with zero attached hydrogens (tertiary/aromatic N) is 4. The van der Waals surface area contributed by atoms with Crippen LogP contribution in [0.25, 0.3) is 0 Å². The van der Waals surface area contributed by atoms with Crippen molar-refractivity contribution in [1.82, 2.24) is 51.5 Å². The van der Waals surface area contributed by atoms with Gasteiger partial charge in [-0.2, -0.15) is 0 Å². The lowest BCUT2D eigenvalue weighted by Crippen LogP contribution is -2.62. The van der Waals surface area contributed by atoms with Gasteiger partial charge in [0.05, 0.1) is 0 Å². The Hall–Kier alpha value is -7.06. The predicted molar refractivity (Wildman–Crippen MR) is 301 cm³/mol. The van der Waals surface area contributed by atoms with Gasteiger partial charge in [0.15, 0.2) is 0 Å². The molecule has 7 rings (SSSR count). The van der Waals surface area contributed by atoms with E-state index in [0.717, 1.165) is 0 Å². The van der Waals surface area contributed by atoms with E-state index in [1.54, 1.807) is 71.0 Å². The second-order valence-electron chi connectivity index (χ2n) is 24.0. The molecule has 0 aromatic heterocycles. The Morgan fingerprint density at radius 2 is 0.827 bits per heavy atom. The molecule has 5 aliphatic rings. The van der Waals surface area contributed by atoms with Crippen molar-refractivity contribution in [3.63, 3.8) is 0 Å². The van der Waals surface area contributed by atoms with Gasteiger partial charge >= 0.3 is 0 Å². The Morgan fingerprint density at radius 3 is 1.31 bits per heavy atom. The molecule has 10 amide bonds. The summed E-state index contributed by atoms with van der Waals surface area (Å²) in [6, 6.07) is 4.13. The number of benzene rings is 2. The number of rotatable bonds is 10. The van der Waals surface area contributed by atoms with E-state index in [4.69, 9.17) is 0 Å². The van der Waals surface area contributed by atoms with Gasteiger partial charge in [0.2, 0.25) is 59.1 Å². The van der Waals surface area contributed by atoms with Gasteiger partial charge in [-0.15, -0.1) is 0 Å². The van der Waals surface area contributed by atoms with E-state index in [0.29, 0.717) is 62.5 Å². The third kappa shape index (κ3) is 14.9. The second-order valence-corrected chi connectivity index (χ2v) is 24.0. The van der Waals surface area contributed by atoms with E-state index in [9.17, 15) is 53.1 Å². The molecule has 5 saturated heterocycles. The summed E-state index contributed by atoms with van der Waals surface area (Å²) in [5.41, 5.74) is 1.29. The number of phenolic OH excluding ortho intramolecular Hbond substituents is 1. The van der Waals surface area contributed by atoms with Crippen LogP contribution in [0.4, 0.5) is 0 Å². The molecule has 0 saturated carbocycles. The largest absolute Gasteiger partial charge is 0.508 e. The Bertz CT molecular complexity index is 2610. The van der Waals surface area contributed by atoms with Crippen molar-refractivity contribution < 1.29 is 53.1 Å². The quantitative estimate of drug-likeness (QED) is 0.182. The minimum absolute atomic E-state index is 0.00823. The van der Waals surface area contributed by atoms with Crippen molar-refractivity contribution in [2.45, 2.75) is 193 Å². The third-order valence-electron chi connectivity index (χ3n) is 16.8. The summed E-state index contributed by atoms with van der Waals surface area (Å²) < 4.78 is 0. The number of hydrogen-bond acceptors (Lipinski definition) is 11. The fourth-order valence-corrected chi connectivity index (χ4v) is 12.1. The monoisotopic (exact) mass is 1120 g/mol. The van der Waals surface area contributed by atoms with Crippen LogP contribution in [0.15, 0.2) is 54.6 Å². The van der Waals surface area contributed by atoms with Crippen LogP contribution in [-0.4, -0.2) is 170 Å². The molecule has 5 heterocycles. The molecule has 7 N–H and O–H groups in total. The number of fused-ring (bicyclic) bond motifs is 4. The van der Waals surface area contributed by atoms with Crippen LogP contribution in [0.5, 0.6) is 5.75 Å². The van der Waals surface area contributed by atoms with Crippen molar-refractivity contribution in [3.05, 3.63) is 65.7 Å². The van der Waals surface area contributed by atoms with Crippen LogP contribution in [0, 0.1) is 23.7 Å². The highest BCUT2D eigenvalue weighted by Gasteiger charge is 2.48. The first-order chi connectivity index (χ1) is 38.6. The zero-order chi connectivity index (χ0) is 58.8. The summed E-state index contributed by atoms with van der Waals surface area (Å²) in [5, 5.41) is 27.5. The maximum atomic E-state index is 14.8. The smallest absolute Gasteiger partial charge is 0.246 e. The summed E-state index contributed by atoms with van der Waals surface area (Å²) >= 11 is 0. The van der Waals surface area contributed by atoms with E-state index in [1.807, 2.05) is 26.8 Å². The van der Waals surface area contributed by atoms with Gasteiger partial charge in [-0.3, -0.25) is 47.9 Å². The summed E-state index contributed by atoms with van der Waals surface area (Å²) in [5.74, 6) is -7.25. The van der Waals surface area contributed by atoms with Crippen molar-refractivity contribution in [2.75, 3.05) is 26.2 Å². The van der Waals surface area contributed by atoms with E-state index in [1.165, 1.54) is 31.7 Å². The number of phenols is 1. The molecule has 10 unspecified atom stereocenters. The molecular weight excluding hydrogens is 1040 g/mol. The summed E-state index contributed by atoms with van der Waals surface area (Å²) in [6.45, 7) is 15.3. The molecule has 2 aromatic rings. The average molecular weight is 1120 g/mol. The third-order valence-corrected chi connectivity index (χ3v) is 16.8. The predicted octanol–water partition coefficient (Wildman–Crippen LogP) is 2.47. The first-order valence-corrected chi connectivity index (χ1v) is 29.4. The van der Waals surface area contributed by atoms with Gasteiger partial charge in [-0.1, -0.05) is 104 Å². The first kappa shape index (κ1) is 61.6. The van der Waals surface area contributed by atoms with Crippen LogP contribution in [0.1, 0.15) is 131 Å². The Balaban J connectivity index is 1.25. The molecule has 2 aromatic carbocycles. The number of amides is 10. The maximum absolute atomic E-state index is 14.8. The second kappa shape index (κ2) is 27.6. The lowest BCUT2D eigenvalue weighted by molar-refractivity contribution is -0.149. The molecule has 0 aliphatic carbocycles. The molecule has 0 spiro atoms. The molecule has 21 heteroatoms. The fourth-order valence-electron chi connectivity index (χ4n) is 12.1. The lowest BCUT2D eigenvalue weighted by Gasteiger charge is -2.35. The molecule has 11 atom stereocenters. The lowest BCUT2D eigenvalue weighted by atomic mass is 9.96. The highest BCUT2D eigenvalue weighted by molar-refractivity contribution is 6.00. The van der Waals surface area contributed by atoms with Crippen molar-refractivity contribution in [3.8, 4) is 5.75 Å². The van der Waals surface area contributed by atoms with Crippen LogP contribution in [0.3, 0.4) is 0 Å². The number of nitrogens with one attached hydrogen (secondary N) is 6. The molecule has 0 radical (unpaired) electrons. The topological polar surface area (TPSA) is 276 Å². The molecule has 81 heavy (non-hydrogen) atoms. The number of carbonyl (C=O) groups excluding carboxylic acids is 10. The number of hydrogen-bond donors (Lipinski definition) is 7. The van der Waals surface area contributed by atoms with Gasteiger partial charge in [-0.05, 0) is 105 Å². The van der Waals surface area contributed by atoms with E-state index < -0.39 is 137 Å². The zero-order valence-corrected chi connectivity index (χ0v) is 48.4. The molecule has 5 fully saturated rings. The SMILES string of the molecule is CCC(C)C1NC(=O)C2CCCN2C(=O)C2CCCN2C(=O)C(C(C)C)NC(=O)C(Cc2ccc(O)cc2)NC(=O)C2CCCN2C(=O)C2CCCN2C(=O)C(CC(C)C)NC(=O)C(C(C)C)NC(=O)[C@H](Cc2ccccc2)NC1=O. The van der Waals surface area contributed by atoms with Crippen LogP contribution in [0.2, 0.25) is 0 Å². The Morgan fingerprint density at radius 1 is 0.432 bits per heavy atom. The van der Waals surface area contributed by atoms with E-state index in [2.05, 4.69) is 31.9 Å². The van der Waals surface area contributed by atoms with Crippen molar-refractivity contribution in [1.29, 1.82) is 0 Å². The van der Waals surface area contributed by atoms with Gasteiger partial charge in [0, 0.05) is 39.0 Å². The van der Waals surface area contributed by atoms with E-state index >= 15 is 0 Å². The maximum Gasteiger partial charge on any atom is 0.246 e. The molecule has 0 bridgehead atoms. The number of carbonyl (C=O) groups is 10. The standard InChI is InChI=1S/C60H86N10O11/c1-9-37(8)50-56(77)62-42(32-38-17-11-10-12-18-38)51(72)64-48(35(4)5)55(76)63-43(31-34(2)3)57(78)69-29-15-21-46(69)58(79)67-27-13-19-44(67)53(74)61-41(33-39-23-25-40(71)26-24-39)52(73)65-49(36(6)7)60(81)70-30-16-22-47(70)59(80)68-28-14-20-45(68)54(75)66-50/h10-12,17-18,23-26,34-37,41-50,71H,9,13-16,19-22,27-33H2,1-8H3,(H,61,74)(H,62,77)(H,63,76)(H,64,72)(H,65,73)(H,66,75)/t37?,41?,42-,43?,44?,45?,46?,47?,48?,49?,50?/m0/s1.